The van der Waals surface area contributed by atoms with Crippen molar-refractivity contribution in [3.05, 3.63) is 77.0 Å². The molecule has 1 fully saturated rings. The first kappa shape index (κ1) is 24.5. The van der Waals surface area contributed by atoms with E-state index in [1.165, 1.54) is 50.5 Å². The Morgan fingerprint density at radius 3 is 2.39 bits per heavy atom. The molecular weight excluding hydrogens is 444 g/mol. The molecule has 5 heteroatoms. The standard InChI is InChI=1S/C31H38N4O/c1-2-3-4-7-12-24-15-17-26(18-16-24)31(36)35-22-19-28-27(23-35)30(34-20-10-6-11-21-34)33-29(32-28)25-13-8-5-9-14-25/h5,8-9,13-18H,2-4,6-7,10-12,19-23H2,1H3. The molecule has 2 aromatic carbocycles. The number of unbranched alkanes of at least 4 members (excludes halogenated alkanes) is 3. The first-order valence-corrected chi connectivity index (χ1v) is 13.8. The third kappa shape index (κ3) is 5.61. The summed E-state index contributed by atoms with van der Waals surface area (Å²) < 4.78 is 0. The van der Waals surface area contributed by atoms with Gasteiger partial charge < -0.3 is 9.80 Å². The average molecular weight is 483 g/mol. The number of carbonyl (C=O) groups is 1. The highest BCUT2D eigenvalue weighted by molar-refractivity contribution is 5.94. The van der Waals surface area contributed by atoms with Crippen molar-refractivity contribution in [2.75, 3.05) is 24.5 Å². The van der Waals surface area contributed by atoms with E-state index in [9.17, 15) is 4.79 Å². The van der Waals surface area contributed by atoms with E-state index in [1.807, 2.05) is 35.2 Å². The minimum Gasteiger partial charge on any atom is -0.356 e. The lowest BCUT2D eigenvalue weighted by Gasteiger charge is -2.34. The second kappa shape index (κ2) is 11.7. The lowest BCUT2D eigenvalue weighted by Crippen LogP contribution is -2.39. The van der Waals surface area contributed by atoms with Crippen LogP contribution in [-0.2, 0) is 19.4 Å². The molecule has 1 amide bonds. The summed E-state index contributed by atoms with van der Waals surface area (Å²) in [5.41, 5.74) is 5.37. The van der Waals surface area contributed by atoms with Crippen LogP contribution in [0.5, 0.6) is 0 Å². The van der Waals surface area contributed by atoms with Crippen LogP contribution in [0.3, 0.4) is 0 Å². The highest BCUT2D eigenvalue weighted by Crippen LogP contribution is 2.31. The number of hydrogen-bond donors (Lipinski definition) is 0. The molecule has 36 heavy (non-hydrogen) atoms. The van der Waals surface area contributed by atoms with Crippen molar-refractivity contribution in [3.8, 4) is 11.4 Å². The molecule has 0 aliphatic carbocycles. The molecule has 5 rings (SSSR count). The van der Waals surface area contributed by atoms with Gasteiger partial charge in [-0.15, -0.1) is 0 Å². The fourth-order valence-electron chi connectivity index (χ4n) is 5.41. The molecule has 3 aromatic rings. The number of anilines is 1. The van der Waals surface area contributed by atoms with Gasteiger partial charge in [-0.1, -0.05) is 68.7 Å². The van der Waals surface area contributed by atoms with Gasteiger partial charge in [0.15, 0.2) is 5.82 Å². The largest absolute Gasteiger partial charge is 0.356 e. The normalized spacial score (nSPS) is 15.6. The van der Waals surface area contributed by atoms with Gasteiger partial charge in [0.05, 0.1) is 12.2 Å². The van der Waals surface area contributed by atoms with Gasteiger partial charge in [0.25, 0.3) is 5.91 Å². The van der Waals surface area contributed by atoms with Gasteiger partial charge in [-0.05, 0) is 49.8 Å². The van der Waals surface area contributed by atoms with Crippen LogP contribution in [0.1, 0.15) is 79.0 Å². The van der Waals surface area contributed by atoms with E-state index >= 15 is 0 Å². The summed E-state index contributed by atoms with van der Waals surface area (Å²) >= 11 is 0. The Morgan fingerprint density at radius 1 is 0.861 bits per heavy atom. The zero-order chi connectivity index (χ0) is 24.7. The van der Waals surface area contributed by atoms with Crippen molar-refractivity contribution in [2.24, 2.45) is 0 Å². The van der Waals surface area contributed by atoms with E-state index in [2.05, 4.69) is 36.1 Å². The monoisotopic (exact) mass is 482 g/mol. The van der Waals surface area contributed by atoms with E-state index in [-0.39, 0.29) is 5.91 Å². The second-order valence-corrected chi connectivity index (χ2v) is 10.2. The Hall–Kier alpha value is -3.21. The Morgan fingerprint density at radius 2 is 1.64 bits per heavy atom. The van der Waals surface area contributed by atoms with Crippen LogP contribution in [-0.4, -0.2) is 40.4 Å². The Balaban J connectivity index is 1.36. The van der Waals surface area contributed by atoms with Gasteiger partial charge in [-0.25, -0.2) is 9.97 Å². The topological polar surface area (TPSA) is 49.3 Å². The highest BCUT2D eigenvalue weighted by atomic mass is 16.2. The molecule has 5 nitrogen and oxygen atoms in total. The van der Waals surface area contributed by atoms with E-state index in [0.717, 1.165) is 60.0 Å². The molecule has 1 saturated heterocycles. The van der Waals surface area contributed by atoms with Crippen LogP contribution < -0.4 is 4.90 Å². The number of nitrogens with zero attached hydrogens (tertiary/aromatic N) is 4. The number of rotatable bonds is 8. The first-order valence-electron chi connectivity index (χ1n) is 13.8. The molecule has 3 heterocycles. The van der Waals surface area contributed by atoms with E-state index < -0.39 is 0 Å². The molecule has 188 valence electrons. The van der Waals surface area contributed by atoms with Crippen molar-refractivity contribution in [1.29, 1.82) is 0 Å². The summed E-state index contributed by atoms with van der Waals surface area (Å²) in [6, 6.07) is 18.5. The van der Waals surface area contributed by atoms with Crippen molar-refractivity contribution < 1.29 is 4.79 Å². The molecule has 0 unspecified atom stereocenters. The first-order chi connectivity index (χ1) is 17.7. The molecule has 0 spiro atoms. The number of benzene rings is 2. The number of hydrogen-bond acceptors (Lipinski definition) is 4. The number of fused-ring (bicyclic) bond motifs is 1. The molecule has 0 bridgehead atoms. The zero-order valence-electron chi connectivity index (χ0n) is 21.6. The molecule has 0 atom stereocenters. The number of piperidine rings is 1. The van der Waals surface area contributed by atoms with Gasteiger partial charge in [-0.2, -0.15) is 0 Å². The van der Waals surface area contributed by atoms with Crippen LogP contribution in [0.2, 0.25) is 0 Å². The Labute approximate surface area is 215 Å². The lowest BCUT2D eigenvalue weighted by molar-refractivity contribution is 0.0733. The fraction of sp³-hybridized carbons (Fsp3) is 0.452. The molecule has 0 radical (unpaired) electrons. The summed E-state index contributed by atoms with van der Waals surface area (Å²) in [5.74, 6) is 1.93. The number of aryl methyl sites for hydroxylation is 1. The van der Waals surface area contributed by atoms with Gasteiger partial charge >= 0.3 is 0 Å². The molecular formula is C31H38N4O. The SMILES string of the molecule is CCCCCCc1ccc(C(=O)N2CCc3nc(-c4ccccc4)nc(N4CCCCC4)c3C2)cc1. The van der Waals surface area contributed by atoms with Crippen LogP contribution in [0.4, 0.5) is 5.82 Å². The number of aromatic nitrogens is 2. The third-order valence-electron chi connectivity index (χ3n) is 7.53. The molecule has 0 N–H and O–H groups in total. The summed E-state index contributed by atoms with van der Waals surface area (Å²) in [5, 5.41) is 0. The molecule has 1 aromatic heterocycles. The second-order valence-electron chi connectivity index (χ2n) is 10.2. The Bertz CT molecular complexity index is 1150. The summed E-state index contributed by atoms with van der Waals surface area (Å²) in [4.78, 5) is 27.9. The van der Waals surface area contributed by atoms with Crippen LogP contribution >= 0.6 is 0 Å². The minimum absolute atomic E-state index is 0.106. The highest BCUT2D eigenvalue weighted by Gasteiger charge is 2.29. The van der Waals surface area contributed by atoms with Gasteiger partial charge in [0.1, 0.15) is 5.82 Å². The summed E-state index contributed by atoms with van der Waals surface area (Å²) in [6.45, 7) is 5.54. The minimum atomic E-state index is 0.106. The zero-order valence-corrected chi connectivity index (χ0v) is 21.6. The lowest BCUT2D eigenvalue weighted by atomic mass is 10.0. The maximum Gasteiger partial charge on any atom is 0.254 e. The smallest absolute Gasteiger partial charge is 0.254 e. The Kier molecular flexibility index (Phi) is 7.95. The van der Waals surface area contributed by atoms with Crippen molar-refractivity contribution >= 4 is 11.7 Å². The van der Waals surface area contributed by atoms with E-state index in [1.54, 1.807) is 0 Å². The summed E-state index contributed by atoms with van der Waals surface area (Å²) in [6.07, 6.45) is 10.5. The van der Waals surface area contributed by atoms with E-state index in [4.69, 9.17) is 9.97 Å². The van der Waals surface area contributed by atoms with Crippen molar-refractivity contribution in [1.82, 2.24) is 14.9 Å². The van der Waals surface area contributed by atoms with Crippen LogP contribution in [0.15, 0.2) is 54.6 Å². The number of amides is 1. The quantitative estimate of drug-likeness (QED) is 0.346. The molecule has 0 saturated carbocycles. The van der Waals surface area contributed by atoms with Gasteiger partial charge in [-0.3, -0.25) is 4.79 Å². The number of carbonyl (C=O) groups excluding carboxylic acids is 1. The van der Waals surface area contributed by atoms with Gasteiger partial charge in [0, 0.05) is 42.7 Å². The molecule has 2 aliphatic heterocycles. The maximum absolute atomic E-state index is 13.5. The summed E-state index contributed by atoms with van der Waals surface area (Å²) in [7, 11) is 0. The fourth-order valence-corrected chi connectivity index (χ4v) is 5.41. The predicted octanol–water partition coefficient (Wildman–Crippen LogP) is 6.46. The third-order valence-corrected chi connectivity index (χ3v) is 7.53. The van der Waals surface area contributed by atoms with Crippen LogP contribution in [0, 0.1) is 0 Å². The maximum atomic E-state index is 13.5. The predicted molar refractivity (Wildman–Crippen MR) is 146 cm³/mol. The van der Waals surface area contributed by atoms with Crippen molar-refractivity contribution in [3.63, 3.8) is 0 Å². The van der Waals surface area contributed by atoms with Gasteiger partial charge in [0.2, 0.25) is 0 Å². The average Bonchev–Trinajstić information content (AvgIpc) is 2.95. The van der Waals surface area contributed by atoms with Crippen LogP contribution in [0.25, 0.3) is 11.4 Å². The van der Waals surface area contributed by atoms with E-state index in [0.29, 0.717) is 13.1 Å². The molecule has 2 aliphatic rings. The van der Waals surface area contributed by atoms with Crippen molar-refractivity contribution in [2.45, 2.75) is 71.3 Å².